The Morgan fingerprint density at radius 2 is 2.12 bits per heavy atom. The molecule has 0 heterocycles. The van der Waals surface area contributed by atoms with Crippen molar-refractivity contribution in [1.29, 1.82) is 0 Å². The third kappa shape index (κ3) is 3.07. The third-order valence-corrected chi connectivity index (χ3v) is 3.92. The van der Waals surface area contributed by atoms with Gasteiger partial charge in [0.15, 0.2) is 0 Å². The van der Waals surface area contributed by atoms with Gasteiger partial charge in [-0.3, -0.25) is 4.79 Å². The van der Waals surface area contributed by atoms with E-state index < -0.39 is 5.41 Å². The van der Waals surface area contributed by atoms with E-state index >= 15 is 0 Å². The maximum Gasteiger partial charge on any atom is 0.306 e. The van der Waals surface area contributed by atoms with Gasteiger partial charge in [-0.1, -0.05) is 41.1 Å². The Balaban J connectivity index is 3.16. The number of carbonyl (C=O) groups is 1. The van der Waals surface area contributed by atoms with Crippen molar-refractivity contribution in [2.75, 3.05) is 7.11 Å². The van der Waals surface area contributed by atoms with E-state index in [0.29, 0.717) is 0 Å². The van der Waals surface area contributed by atoms with E-state index in [-0.39, 0.29) is 18.4 Å². The highest BCUT2D eigenvalue weighted by molar-refractivity contribution is 9.10. The predicted octanol–water partition coefficient (Wildman–Crippen LogP) is 2.62. The molecule has 0 aliphatic heterocycles. The van der Waals surface area contributed by atoms with Crippen molar-refractivity contribution in [2.45, 2.75) is 31.7 Å². The van der Waals surface area contributed by atoms with Crippen LogP contribution in [0.1, 0.15) is 25.8 Å². The zero-order valence-electron chi connectivity index (χ0n) is 10.4. The third-order valence-electron chi connectivity index (χ3n) is 3.23. The van der Waals surface area contributed by atoms with Crippen molar-refractivity contribution in [3.05, 3.63) is 34.3 Å². The molecule has 3 nitrogen and oxygen atoms in total. The number of ether oxygens (including phenoxy) is 1. The molecule has 0 saturated heterocycles. The zero-order valence-corrected chi connectivity index (χ0v) is 12.0. The standard InChI is InChI=1S/C13H18BrNO2/c1-9(15)13(2,8-12(16)17-3)10-6-4-5-7-11(10)14/h4-7,9H,8,15H2,1-3H3. The molecule has 94 valence electrons. The lowest BCUT2D eigenvalue weighted by Gasteiger charge is -2.34. The summed E-state index contributed by atoms with van der Waals surface area (Å²) in [6, 6.07) is 7.66. The van der Waals surface area contributed by atoms with E-state index in [1.165, 1.54) is 7.11 Å². The summed E-state index contributed by atoms with van der Waals surface area (Å²) in [5.41, 5.74) is 6.64. The Kier molecular flexibility index (Phi) is 4.71. The van der Waals surface area contributed by atoms with Crippen molar-refractivity contribution in [1.82, 2.24) is 0 Å². The molecule has 0 aliphatic carbocycles. The Bertz CT molecular complexity index is 406. The lowest BCUT2D eigenvalue weighted by molar-refractivity contribution is -0.142. The number of halogens is 1. The van der Waals surface area contributed by atoms with E-state index in [2.05, 4.69) is 15.9 Å². The average molecular weight is 300 g/mol. The largest absolute Gasteiger partial charge is 0.469 e. The second-order valence-electron chi connectivity index (χ2n) is 4.44. The predicted molar refractivity (Wildman–Crippen MR) is 71.8 cm³/mol. The molecule has 0 bridgehead atoms. The van der Waals surface area contributed by atoms with Crippen LogP contribution in [-0.4, -0.2) is 19.1 Å². The lowest BCUT2D eigenvalue weighted by atomic mass is 9.74. The fourth-order valence-electron chi connectivity index (χ4n) is 1.80. The van der Waals surface area contributed by atoms with E-state index in [9.17, 15) is 4.79 Å². The molecular weight excluding hydrogens is 282 g/mol. The minimum absolute atomic E-state index is 0.153. The highest BCUT2D eigenvalue weighted by atomic mass is 79.9. The number of hydrogen-bond donors (Lipinski definition) is 1. The van der Waals surface area contributed by atoms with Crippen LogP contribution in [0.4, 0.5) is 0 Å². The maximum absolute atomic E-state index is 11.5. The summed E-state index contributed by atoms with van der Waals surface area (Å²) in [7, 11) is 1.39. The molecule has 0 amide bonds. The number of hydrogen-bond acceptors (Lipinski definition) is 3. The van der Waals surface area contributed by atoms with Gasteiger partial charge in [0.1, 0.15) is 0 Å². The van der Waals surface area contributed by atoms with Crippen LogP contribution in [0.5, 0.6) is 0 Å². The molecule has 0 spiro atoms. The van der Waals surface area contributed by atoms with Crippen LogP contribution in [0.15, 0.2) is 28.7 Å². The molecule has 0 aromatic heterocycles. The van der Waals surface area contributed by atoms with Gasteiger partial charge in [0.25, 0.3) is 0 Å². The second kappa shape index (κ2) is 5.65. The van der Waals surface area contributed by atoms with Gasteiger partial charge in [-0.2, -0.15) is 0 Å². The summed E-state index contributed by atoms with van der Waals surface area (Å²) in [6.07, 6.45) is 0.268. The smallest absolute Gasteiger partial charge is 0.306 e. The molecule has 0 saturated carbocycles. The number of carbonyl (C=O) groups excluding carboxylic acids is 1. The Hall–Kier alpha value is -0.870. The average Bonchev–Trinajstić information content (AvgIpc) is 2.28. The van der Waals surface area contributed by atoms with Gasteiger partial charge in [-0.15, -0.1) is 0 Å². The van der Waals surface area contributed by atoms with Gasteiger partial charge in [0.05, 0.1) is 13.5 Å². The summed E-state index contributed by atoms with van der Waals surface area (Å²) in [6.45, 7) is 3.89. The summed E-state index contributed by atoms with van der Waals surface area (Å²) < 4.78 is 5.71. The van der Waals surface area contributed by atoms with Gasteiger partial charge in [-0.05, 0) is 18.6 Å². The van der Waals surface area contributed by atoms with Crippen LogP contribution in [0.2, 0.25) is 0 Å². The maximum atomic E-state index is 11.5. The lowest BCUT2D eigenvalue weighted by Crippen LogP contribution is -2.43. The highest BCUT2D eigenvalue weighted by Gasteiger charge is 2.35. The minimum Gasteiger partial charge on any atom is -0.469 e. The van der Waals surface area contributed by atoms with Gasteiger partial charge >= 0.3 is 5.97 Å². The minimum atomic E-state index is -0.437. The topological polar surface area (TPSA) is 52.3 Å². The Morgan fingerprint density at radius 1 is 1.53 bits per heavy atom. The summed E-state index contributed by atoms with van der Waals surface area (Å²) in [4.78, 5) is 11.5. The Labute approximate surface area is 110 Å². The summed E-state index contributed by atoms with van der Waals surface area (Å²) >= 11 is 3.50. The summed E-state index contributed by atoms with van der Waals surface area (Å²) in [5, 5.41) is 0. The highest BCUT2D eigenvalue weighted by Crippen LogP contribution is 2.35. The molecule has 4 heteroatoms. The summed E-state index contributed by atoms with van der Waals surface area (Å²) in [5.74, 6) is -0.249. The quantitative estimate of drug-likeness (QED) is 0.870. The number of benzene rings is 1. The van der Waals surface area contributed by atoms with Crippen LogP contribution >= 0.6 is 15.9 Å². The number of rotatable bonds is 4. The number of methoxy groups -OCH3 is 1. The fourth-order valence-corrected chi connectivity index (χ4v) is 2.54. The first kappa shape index (κ1) is 14.2. The van der Waals surface area contributed by atoms with Crippen LogP contribution in [0.3, 0.4) is 0 Å². The Morgan fingerprint density at radius 3 is 2.59 bits per heavy atom. The first-order valence-corrected chi connectivity index (χ1v) is 6.28. The molecule has 1 rings (SSSR count). The van der Waals surface area contributed by atoms with Crippen LogP contribution in [0.25, 0.3) is 0 Å². The van der Waals surface area contributed by atoms with E-state index in [1.54, 1.807) is 0 Å². The molecular formula is C13H18BrNO2. The first-order valence-electron chi connectivity index (χ1n) is 5.49. The normalized spacial score (nSPS) is 16.1. The molecule has 2 atom stereocenters. The fraction of sp³-hybridized carbons (Fsp3) is 0.462. The van der Waals surface area contributed by atoms with Gasteiger partial charge < -0.3 is 10.5 Å². The van der Waals surface area contributed by atoms with Crippen molar-refractivity contribution in [2.24, 2.45) is 5.73 Å². The van der Waals surface area contributed by atoms with Crippen molar-refractivity contribution in [3.63, 3.8) is 0 Å². The van der Waals surface area contributed by atoms with Gasteiger partial charge in [0.2, 0.25) is 0 Å². The number of nitrogens with two attached hydrogens (primary N) is 1. The van der Waals surface area contributed by atoms with E-state index in [4.69, 9.17) is 10.5 Å². The molecule has 0 aliphatic rings. The SMILES string of the molecule is COC(=O)CC(C)(c1ccccc1Br)C(C)N. The van der Waals surface area contributed by atoms with Crippen molar-refractivity contribution < 1.29 is 9.53 Å². The second-order valence-corrected chi connectivity index (χ2v) is 5.29. The van der Waals surface area contributed by atoms with E-state index in [1.807, 2.05) is 38.1 Å². The van der Waals surface area contributed by atoms with Crippen LogP contribution in [0, 0.1) is 0 Å². The van der Waals surface area contributed by atoms with E-state index in [0.717, 1.165) is 10.0 Å². The molecule has 1 aromatic rings. The molecule has 17 heavy (non-hydrogen) atoms. The van der Waals surface area contributed by atoms with Crippen molar-refractivity contribution >= 4 is 21.9 Å². The molecule has 2 unspecified atom stereocenters. The molecule has 1 aromatic carbocycles. The van der Waals surface area contributed by atoms with Crippen LogP contribution < -0.4 is 5.73 Å². The number of esters is 1. The monoisotopic (exact) mass is 299 g/mol. The first-order chi connectivity index (χ1) is 7.91. The van der Waals surface area contributed by atoms with Gasteiger partial charge in [0, 0.05) is 15.9 Å². The van der Waals surface area contributed by atoms with Crippen LogP contribution in [-0.2, 0) is 14.9 Å². The van der Waals surface area contributed by atoms with Gasteiger partial charge in [-0.25, -0.2) is 0 Å². The zero-order chi connectivity index (χ0) is 13.1. The molecule has 0 radical (unpaired) electrons. The molecule has 2 N–H and O–H groups in total. The molecule has 0 fully saturated rings. The van der Waals surface area contributed by atoms with Crippen molar-refractivity contribution in [3.8, 4) is 0 Å².